The average molecular weight is 443 g/mol. The number of aromatic nitrogens is 2. The number of amides is 1. The Balaban J connectivity index is 1.76. The van der Waals surface area contributed by atoms with Crippen molar-refractivity contribution in [3.63, 3.8) is 0 Å². The molecular weight excluding hydrogens is 416 g/mol. The molecule has 1 aromatic heterocycles. The van der Waals surface area contributed by atoms with Crippen LogP contribution >= 0.6 is 0 Å². The lowest BCUT2D eigenvalue weighted by Crippen LogP contribution is -2.41. The van der Waals surface area contributed by atoms with Crippen molar-refractivity contribution in [2.24, 2.45) is 0 Å². The van der Waals surface area contributed by atoms with E-state index in [9.17, 15) is 13.2 Å². The van der Waals surface area contributed by atoms with Crippen LogP contribution in [0.3, 0.4) is 0 Å². The summed E-state index contributed by atoms with van der Waals surface area (Å²) in [7, 11) is -2.45. The Hall–Kier alpha value is -3.33. The van der Waals surface area contributed by atoms with Crippen molar-refractivity contribution in [2.75, 3.05) is 24.5 Å². The van der Waals surface area contributed by atoms with E-state index in [4.69, 9.17) is 4.74 Å². The zero-order valence-electron chi connectivity index (χ0n) is 17.6. The molecule has 1 amide bonds. The third kappa shape index (κ3) is 5.85. The summed E-state index contributed by atoms with van der Waals surface area (Å²) in [6.45, 7) is 2.68. The molecule has 31 heavy (non-hydrogen) atoms. The molecule has 0 aliphatic rings. The molecule has 1 N–H and O–H groups in total. The van der Waals surface area contributed by atoms with Gasteiger partial charge in [-0.15, -0.1) is 0 Å². The van der Waals surface area contributed by atoms with Gasteiger partial charge in [-0.2, -0.15) is 0 Å². The number of anilines is 1. The summed E-state index contributed by atoms with van der Waals surface area (Å²) in [4.78, 5) is 16.7. The first kappa shape index (κ1) is 22.4. The maximum Gasteiger partial charge on any atom is 0.264 e. The van der Waals surface area contributed by atoms with E-state index in [-0.39, 0.29) is 17.3 Å². The fraction of sp³-hybridized carbons (Fsp3) is 0.273. The predicted octanol–water partition coefficient (Wildman–Crippen LogP) is 2.60. The van der Waals surface area contributed by atoms with Gasteiger partial charge in [-0.3, -0.25) is 9.10 Å². The Labute approximate surface area is 182 Å². The van der Waals surface area contributed by atoms with Crippen LogP contribution in [-0.2, 0) is 21.4 Å². The first-order chi connectivity index (χ1) is 14.9. The molecular formula is C22H26N4O4S. The molecule has 3 rings (SSSR count). The van der Waals surface area contributed by atoms with E-state index in [1.54, 1.807) is 61.1 Å². The van der Waals surface area contributed by atoms with Crippen molar-refractivity contribution in [1.82, 2.24) is 14.9 Å². The summed E-state index contributed by atoms with van der Waals surface area (Å²) in [6, 6.07) is 13.2. The molecule has 0 radical (unpaired) electrons. The lowest BCUT2D eigenvalue weighted by Gasteiger charge is -2.24. The highest BCUT2D eigenvalue weighted by Crippen LogP contribution is 2.27. The number of ether oxygens (including phenoxy) is 1. The van der Waals surface area contributed by atoms with Crippen LogP contribution < -0.4 is 14.4 Å². The van der Waals surface area contributed by atoms with Crippen molar-refractivity contribution in [2.45, 2.75) is 24.8 Å². The summed E-state index contributed by atoms with van der Waals surface area (Å²) in [5.74, 6) is 0.117. The topological polar surface area (TPSA) is 93.5 Å². The Morgan fingerprint density at radius 2 is 1.97 bits per heavy atom. The van der Waals surface area contributed by atoms with Crippen molar-refractivity contribution >= 4 is 21.6 Å². The molecule has 2 aromatic carbocycles. The van der Waals surface area contributed by atoms with Crippen LogP contribution in [0.5, 0.6) is 5.75 Å². The van der Waals surface area contributed by atoms with Crippen molar-refractivity contribution in [3.8, 4) is 5.75 Å². The summed E-state index contributed by atoms with van der Waals surface area (Å²) >= 11 is 0. The number of benzene rings is 2. The van der Waals surface area contributed by atoms with Gasteiger partial charge in [-0.05, 0) is 37.6 Å². The van der Waals surface area contributed by atoms with Gasteiger partial charge >= 0.3 is 0 Å². The number of imidazole rings is 1. The van der Waals surface area contributed by atoms with Crippen LogP contribution in [0.2, 0.25) is 0 Å². The molecule has 0 aliphatic carbocycles. The maximum absolute atomic E-state index is 13.4. The molecule has 0 spiro atoms. The van der Waals surface area contributed by atoms with Gasteiger partial charge in [0.25, 0.3) is 10.0 Å². The molecule has 0 saturated carbocycles. The van der Waals surface area contributed by atoms with Crippen LogP contribution in [0.4, 0.5) is 5.69 Å². The molecule has 0 fully saturated rings. The average Bonchev–Trinajstić information content (AvgIpc) is 3.29. The predicted molar refractivity (Wildman–Crippen MR) is 119 cm³/mol. The van der Waals surface area contributed by atoms with Crippen molar-refractivity contribution in [3.05, 3.63) is 72.8 Å². The highest BCUT2D eigenvalue weighted by molar-refractivity contribution is 7.92. The number of methoxy groups -OCH3 is 1. The lowest BCUT2D eigenvalue weighted by molar-refractivity contribution is -0.119. The third-order valence-corrected chi connectivity index (χ3v) is 6.50. The van der Waals surface area contributed by atoms with Gasteiger partial charge in [0.15, 0.2) is 0 Å². The van der Waals surface area contributed by atoms with E-state index in [0.717, 1.165) is 9.87 Å². The molecule has 8 nitrogen and oxygen atoms in total. The Morgan fingerprint density at radius 1 is 1.19 bits per heavy atom. The standard InChI is InChI=1S/C22H26N4O4S/c1-18-7-9-21(10-8-18)31(28,29)26(19-5-3-6-20(15-19)30-2)16-22(27)24-11-4-13-25-14-12-23-17-25/h3,5-10,12,14-15,17H,4,11,13,16H2,1-2H3,(H,24,27). The zero-order valence-corrected chi connectivity index (χ0v) is 18.4. The number of nitrogens with one attached hydrogen (secondary N) is 1. The quantitative estimate of drug-likeness (QED) is 0.487. The van der Waals surface area contributed by atoms with Gasteiger partial charge in [0.05, 0.1) is 24.0 Å². The second kappa shape index (κ2) is 10.1. The van der Waals surface area contributed by atoms with E-state index in [0.29, 0.717) is 30.9 Å². The first-order valence-corrected chi connectivity index (χ1v) is 11.3. The summed E-state index contributed by atoms with van der Waals surface area (Å²) in [5.41, 5.74) is 1.30. The first-order valence-electron chi connectivity index (χ1n) is 9.86. The summed E-state index contributed by atoms with van der Waals surface area (Å²) in [6.07, 6.45) is 5.95. The van der Waals surface area contributed by atoms with Gasteiger partial charge in [-0.25, -0.2) is 13.4 Å². The largest absolute Gasteiger partial charge is 0.497 e. The molecule has 9 heteroatoms. The van der Waals surface area contributed by atoms with Crippen molar-refractivity contribution < 1.29 is 17.9 Å². The number of sulfonamides is 1. The van der Waals surface area contributed by atoms with Gasteiger partial charge in [0.1, 0.15) is 12.3 Å². The lowest BCUT2D eigenvalue weighted by atomic mass is 10.2. The van der Waals surface area contributed by atoms with Gasteiger partial charge in [-0.1, -0.05) is 23.8 Å². The summed E-state index contributed by atoms with van der Waals surface area (Å²) in [5, 5.41) is 2.80. The number of carbonyl (C=O) groups excluding carboxylic acids is 1. The normalized spacial score (nSPS) is 11.2. The monoisotopic (exact) mass is 442 g/mol. The Morgan fingerprint density at radius 3 is 2.65 bits per heavy atom. The van der Waals surface area contributed by atoms with Crippen LogP contribution in [0.1, 0.15) is 12.0 Å². The van der Waals surface area contributed by atoms with Crippen LogP contribution in [0.15, 0.2) is 72.1 Å². The number of aryl methyl sites for hydroxylation is 2. The molecule has 164 valence electrons. The molecule has 0 bridgehead atoms. The highest BCUT2D eigenvalue weighted by Gasteiger charge is 2.27. The van der Waals surface area contributed by atoms with E-state index >= 15 is 0 Å². The molecule has 0 unspecified atom stereocenters. The zero-order chi connectivity index (χ0) is 22.3. The fourth-order valence-electron chi connectivity index (χ4n) is 3.01. The van der Waals surface area contributed by atoms with E-state index in [1.165, 1.54) is 7.11 Å². The smallest absolute Gasteiger partial charge is 0.264 e. The van der Waals surface area contributed by atoms with Gasteiger partial charge in [0, 0.05) is 31.5 Å². The van der Waals surface area contributed by atoms with E-state index in [2.05, 4.69) is 10.3 Å². The minimum absolute atomic E-state index is 0.119. The van der Waals surface area contributed by atoms with Crippen LogP contribution in [-0.4, -0.2) is 44.1 Å². The third-order valence-electron chi connectivity index (χ3n) is 4.71. The second-order valence-electron chi connectivity index (χ2n) is 7.03. The number of hydrogen-bond acceptors (Lipinski definition) is 5. The van der Waals surface area contributed by atoms with Gasteiger partial charge in [0.2, 0.25) is 5.91 Å². The van der Waals surface area contributed by atoms with E-state index < -0.39 is 10.0 Å². The number of nitrogens with zero attached hydrogens (tertiary/aromatic N) is 3. The van der Waals surface area contributed by atoms with E-state index in [1.807, 2.05) is 17.7 Å². The van der Waals surface area contributed by atoms with Crippen LogP contribution in [0.25, 0.3) is 0 Å². The molecule has 0 atom stereocenters. The minimum Gasteiger partial charge on any atom is -0.497 e. The Kier molecular flexibility index (Phi) is 7.30. The van der Waals surface area contributed by atoms with Crippen molar-refractivity contribution in [1.29, 1.82) is 0 Å². The Bertz CT molecular complexity index is 1100. The van der Waals surface area contributed by atoms with Crippen LogP contribution in [0, 0.1) is 6.92 Å². The molecule has 0 saturated heterocycles. The highest BCUT2D eigenvalue weighted by atomic mass is 32.2. The summed E-state index contributed by atoms with van der Waals surface area (Å²) < 4.78 is 35.0. The minimum atomic E-state index is -3.95. The molecule has 3 aromatic rings. The number of carbonyl (C=O) groups is 1. The molecule has 1 heterocycles. The SMILES string of the molecule is COc1cccc(N(CC(=O)NCCCn2ccnc2)S(=O)(=O)c2ccc(C)cc2)c1. The fourth-order valence-corrected chi connectivity index (χ4v) is 4.43. The van der Waals surface area contributed by atoms with Gasteiger partial charge < -0.3 is 14.6 Å². The maximum atomic E-state index is 13.4. The number of hydrogen-bond donors (Lipinski definition) is 1. The molecule has 0 aliphatic heterocycles. The number of rotatable bonds is 10. The second-order valence-corrected chi connectivity index (χ2v) is 8.89.